The van der Waals surface area contributed by atoms with E-state index in [1.807, 2.05) is 29.3 Å². The van der Waals surface area contributed by atoms with Crippen LogP contribution in [0.1, 0.15) is 35.3 Å². The number of primary amides is 1. The molecule has 0 atom stereocenters. The van der Waals surface area contributed by atoms with Crippen LogP contribution in [0, 0.1) is 10.1 Å². The van der Waals surface area contributed by atoms with Crippen molar-refractivity contribution in [3.63, 3.8) is 0 Å². The maximum Gasteiger partial charge on any atom is 0.289 e. The summed E-state index contributed by atoms with van der Waals surface area (Å²) in [5.41, 5.74) is 7.47. The molecule has 3 N–H and O–H groups in total. The molecule has 14 nitrogen and oxygen atoms in total. The number of amides is 3. The largest absolute Gasteiger partial charge is 0.366 e. The van der Waals surface area contributed by atoms with Gasteiger partial charge in [0.05, 0.1) is 28.7 Å². The van der Waals surface area contributed by atoms with Crippen LogP contribution < -0.4 is 16.0 Å². The number of rotatable bonds is 14. The second kappa shape index (κ2) is 14.9. The van der Waals surface area contributed by atoms with E-state index in [0.29, 0.717) is 13.1 Å². The lowest BCUT2D eigenvalue weighted by atomic mass is 10.1. The Labute approximate surface area is 277 Å². The maximum atomic E-state index is 13.5. The fourth-order valence-electron chi connectivity index (χ4n) is 5.23. The number of halogens is 1. The van der Waals surface area contributed by atoms with Gasteiger partial charge >= 0.3 is 0 Å². The molecule has 1 heterocycles. The molecule has 1 aliphatic rings. The van der Waals surface area contributed by atoms with Crippen LogP contribution in [0.25, 0.3) is 0 Å². The normalized spacial score (nSPS) is 13.0. The minimum Gasteiger partial charge on any atom is -0.366 e. The molecular formula is C31H36ClN7O7S. The molecule has 4 rings (SSSR count). The summed E-state index contributed by atoms with van der Waals surface area (Å²) < 4.78 is 27.9. The minimum absolute atomic E-state index is 0.124. The molecule has 250 valence electrons. The molecule has 47 heavy (non-hydrogen) atoms. The molecule has 3 aromatic carbocycles. The first-order chi connectivity index (χ1) is 22.2. The van der Waals surface area contributed by atoms with E-state index >= 15 is 0 Å². The lowest BCUT2D eigenvalue weighted by molar-refractivity contribution is -0.387. The van der Waals surface area contributed by atoms with Crippen LogP contribution in [0.3, 0.4) is 0 Å². The van der Waals surface area contributed by atoms with Gasteiger partial charge in [0.1, 0.15) is 0 Å². The van der Waals surface area contributed by atoms with Crippen molar-refractivity contribution in [2.24, 2.45) is 5.73 Å². The van der Waals surface area contributed by atoms with Crippen molar-refractivity contribution in [3.8, 4) is 0 Å². The van der Waals surface area contributed by atoms with Crippen molar-refractivity contribution in [1.82, 2.24) is 19.6 Å². The van der Waals surface area contributed by atoms with Crippen LogP contribution >= 0.6 is 11.6 Å². The number of hydrazine groups is 1. The molecule has 0 fully saturated rings. The van der Waals surface area contributed by atoms with Crippen LogP contribution in [0.15, 0.2) is 71.6 Å². The molecule has 0 aromatic heterocycles. The highest BCUT2D eigenvalue weighted by Crippen LogP contribution is 2.29. The molecular weight excluding hydrogens is 650 g/mol. The SMILES string of the molecule is CC(C)N(CCNC(=O)CN(CC(=O)N(C)N1Cc2ccccc2C1)c1cc(C(N)=O)ccc1Cl)S(=O)(=O)c1ccccc1[N+](=O)[O-]. The highest BCUT2D eigenvalue weighted by atomic mass is 35.5. The molecule has 0 unspecified atom stereocenters. The summed E-state index contributed by atoms with van der Waals surface area (Å²) in [4.78, 5) is 50.4. The second-order valence-electron chi connectivity index (χ2n) is 11.2. The Morgan fingerprint density at radius 2 is 1.64 bits per heavy atom. The average Bonchev–Trinajstić information content (AvgIpc) is 3.46. The van der Waals surface area contributed by atoms with E-state index in [1.165, 1.54) is 40.2 Å². The quantitative estimate of drug-likeness (QED) is 0.191. The van der Waals surface area contributed by atoms with Crippen LogP contribution in [0.4, 0.5) is 11.4 Å². The van der Waals surface area contributed by atoms with Gasteiger partial charge < -0.3 is 16.0 Å². The summed E-state index contributed by atoms with van der Waals surface area (Å²) in [5, 5.41) is 17.7. The number of carbonyl (C=O) groups is 3. The number of hydrogen-bond donors (Lipinski definition) is 2. The first-order valence-corrected chi connectivity index (χ1v) is 16.5. The highest BCUT2D eigenvalue weighted by molar-refractivity contribution is 7.89. The Kier molecular flexibility index (Phi) is 11.2. The van der Waals surface area contributed by atoms with E-state index in [9.17, 15) is 32.9 Å². The van der Waals surface area contributed by atoms with Crippen molar-refractivity contribution >= 4 is 50.7 Å². The number of benzene rings is 3. The van der Waals surface area contributed by atoms with E-state index in [-0.39, 0.29) is 48.4 Å². The van der Waals surface area contributed by atoms with E-state index in [2.05, 4.69) is 5.32 Å². The summed E-state index contributed by atoms with van der Waals surface area (Å²) in [5.74, 6) is -1.65. The van der Waals surface area contributed by atoms with Gasteiger partial charge in [-0.3, -0.25) is 29.5 Å². The second-order valence-corrected chi connectivity index (χ2v) is 13.4. The van der Waals surface area contributed by atoms with Crippen molar-refractivity contribution in [2.45, 2.75) is 37.9 Å². The third kappa shape index (κ3) is 8.24. The number of nitrogens with one attached hydrogen (secondary N) is 1. The monoisotopic (exact) mass is 685 g/mol. The van der Waals surface area contributed by atoms with Gasteiger partial charge in [0.2, 0.25) is 21.8 Å². The first-order valence-electron chi connectivity index (χ1n) is 14.6. The Morgan fingerprint density at radius 1 is 1.02 bits per heavy atom. The molecule has 0 saturated carbocycles. The van der Waals surface area contributed by atoms with E-state index in [4.69, 9.17) is 17.3 Å². The number of nitro benzene ring substituents is 1. The zero-order valence-electron chi connectivity index (χ0n) is 26.1. The predicted molar refractivity (Wildman–Crippen MR) is 176 cm³/mol. The van der Waals surface area contributed by atoms with Crippen molar-refractivity contribution in [2.75, 3.05) is 38.1 Å². The van der Waals surface area contributed by atoms with Crippen LogP contribution in [-0.4, -0.2) is 84.7 Å². The summed E-state index contributed by atoms with van der Waals surface area (Å²) in [6, 6.07) is 16.6. The summed E-state index contributed by atoms with van der Waals surface area (Å²) >= 11 is 6.47. The predicted octanol–water partition coefficient (Wildman–Crippen LogP) is 2.76. The zero-order chi connectivity index (χ0) is 34.5. The number of nitro groups is 1. The number of fused-ring (bicyclic) bond motifs is 1. The number of carbonyl (C=O) groups excluding carboxylic acids is 3. The first kappa shape index (κ1) is 35.3. The van der Waals surface area contributed by atoms with Crippen molar-refractivity contribution < 1.29 is 27.7 Å². The van der Waals surface area contributed by atoms with Gasteiger partial charge in [-0.05, 0) is 49.2 Å². The van der Waals surface area contributed by atoms with E-state index in [0.717, 1.165) is 27.6 Å². The van der Waals surface area contributed by atoms with Crippen molar-refractivity contribution in [1.29, 1.82) is 0 Å². The highest BCUT2D eigenvalue weighted by Gasteiger charge is 2.33. The number of likely N-dealkylation sites (N-methyl/N-ethyl adjacent to an activating group) is 1. The molecule has 3 amide bonds. The standard InChI is InChI=1S/C31H36ClN7O7S/c1-21(2)38(47(45,46)28-11-7-6-10-26(28)39(43)44)15-14-34-29(40)19-36(27-16-22(31(33)42)12-13-25(27)32)20-30(41)35(3)37-17-23-8-4-5-9-24(23)18-37/h4-13,16,21H,14-15,17-20H2,1-3H3,(H2,33,42)(H,34,40). The van der Waals surface area contributed by atoms with Crippen LogP contribution in [-0.2, 0) is 32.7 Å². The van der Waals surface area contributed by atoms with Crippen LogP contribution in [0.2, 0.25) is 5.02 Å². The molecule has 0 spiro atoms. The number of para-hydroxylation sites is 1. The number of nitrogens with zero attached hydrogens (tertiary/aromatic N) is 5. The van der Waals surface area contributed by atoms with Gasteiger partial charge in [0.15, 0.2) is 4.90 Å². The third-order valence-electron chi connectivity index (χ3n) is 7.72. The third-order valence-corrected chi connectivity index (χ3v) is 10.2. The van der Waals surface area contributed by atoms with Gasteiger partial charge in [0.25, 0.3) is 11.6 Å². The molecule has 16 heteroatoms. The Morgan fingerprint density at radius 3 is 2.23 bits per heavy atom. The lowest BCUT2D eigenvalue weighted by Crippen LogP contribution is -2.48. The Balaban J connectivity index is 1.49. The molecule has 0 bridgehead atoms. The summed E-state index contributed by atoms with van der Waals surface area (Å²) in [6.45, 7) is 3.29. The molecule has 0 aliphatic carbocycles. The molecule has 0 saturated heterocycles. The molecule has 3 aromatic rings. The van der Waals surface area contributed by atoms with Gasteiger partial charge in [-0.25, -0.2) is 13.4 Å². The summed E-state index contributed by atoms with van der Waals surface area (Å²) in [6.07, 6.45) is 0. The fraction of sp³-hybridized carbons (Fsp3) is 0.323. The average molecular weight is 686 g/mol. The smallest absolute Gasteiger partial charge is 0.289 e. The summed E-state index contributed by atoms with van der Waals surface area (Å²) in [7, 11) is -2.67. The lowest BCUT2D eigenvalue weighted by Gasteiger charge is -2.32. The van der Waals surface area contributed by atoms with Crippen LogP contribution in [0.5, 0.6) is 0 Å². The van der Waals surface area contributed by atoms with Gasteiger partial charge in [-0.15, -0.1) is 0 Å². The maximum absolute atomic E-state index is 13.5. The number of nitrogens with two attached hydrogens (primary N) is 1. The number of anilines is 1. The molecule has 0 radical (unpaired) electrons. The zero-order valence-corrected chi connectivity index (χ0v) is 27.7. The fourth-order valence-corrected chi connectivity index (χ4v) is 7.26. The molecule has 1 aliphatic heterocycles. The van der Waals surface area contributed by atoms with Gasteiger partial charge in [-0.1, -0.05) is 48.0 Å². The van der Waals surface area contributed by atoms with Gasteiger partial charge in [0, 0.05) is 50.9 Å². The Bertz CT molecular complexity index is 1760. The number of sulfonamides is 1. The van der Waals surface area contributed by atoms with Gasteiger partial charge in [-0.2, -0.15) is 4.31 Å². The number of hydrogen-bond acceptors (Lipinski definition) is 9. The van der Waals surface area contributed by atoms with E-state index in [1.54, 1.807) is 20.9 Å². The van der Waals surface area contributed by atoms with E-state index < -0.39 is 43.4 Å². The Hall–Kier alpha value is -4.57. The topological polar surface area (TPSA) is 179 Å². The minimum atomic E-state index is -4.30. The van der Waals surface area contributed by atoms with Crippen molar-refractivity contribution in [3.05, 3.63) is 98.6 Å².